The van der Waals surface area contributed by atoms with Gasteiger partial charge in [-0.2, -0.15) is 0 Å². The first-order chi connectivity index (χ1) is 9.65. The molecule has 3 nitrogen and oxygen atoms in total. The van der Waals surface area contributed by atoms with Crippen molar-refractivity contribution in [3.05, 3.63) is 28.3 Å². The standard InChI is InChI=1S/C16H24ClNO2/c1-5-12(11-18-6-2)8-13-9-14(17)16(19-4)15(10-13)20-7-3/h8-10,18H,5-7,11H2,1-4H3. The Bertz CT molecular complexity index is 458. The Balaban J connectivity index is 3.08. The van der Waals surface area contributed by atoms with Crippen molar-refractivity contribution in [2.45, 2.75) is 27.2 Å². The minimum atomic E-state index is 0.573. The van der Waals surface area contributed by atoms with Gasteiger partial charge in [0.2, 0.25) is 0 Å². The normalized spacial score (nSPS) is 11.6. The Kier molecular flexibility index (Phi) is 7.48. The molecule has 0 unspecified atom stereocenters. The molecule has 0 bridgehead atoms. The molecule has 0 atom stereocenters. The van der Waals surface area contributed by atoms with Crippen molar-refractivity contribution >= 4 is 17.7 Å². The summed E-state index contributed by atoms with van der Waals surface area (Å²) >= 11 is 6.25. The van der Waals surface area contributed by atoms with Gasteiger partial charge in [0.15, 0.2) is 11.5 Å². The van der Waals surface area contributed by atoms with Crippen LogP contribution in [0.4, 0.5) is 0 Å². The number of methoxy groups -OCH3 is 1. The van der Waals surface area contributed by atoms with E-state index in [9.17, 15) is 0 Å². The summed E-state index contributed by atoms with van der Waals surface area (Å²) < 4.78 is 10.9. The van der Waals surface area contributed by atoms with Gasteiger partial charge in [0, 0.05) is 6.54 Å². The molecule has 0 aromatic heterocycles. The molecule has 0 aliphatic rings. The average Bonchev–Trinajstić information content (AvgIpc) is 2.43. The van der Waals surface area contributed by atoms with Gasteiger partial charge in [0.25, 0.3) is 0 Å². The lowest BCUT2D eigenvalue weighted by Crippen LogP contribution is -2.15. The van der Waals surface area contributed by atoms with Gasteiger partial charge in [-0.1, -0.05) is 37.1 Å². The maximum absolute atomic E-state index is 6.25. The topological polar surface area (TPSA) is 30.5 Å². The van der Waals surface area contributed by atoms with Crippen molar-refractivity contribution in [2.75, 3.05) is 26.8 Å². The molecule has 4 heteroatoms. The Morgan fingerprint density at radius 3 is 2.60 bits per heavy atom. The van der Waals surface area contributed by atoms with E-state index in [1.165, 1.54) is 5.57 Å². The zero-order valence-electron chi connectivity index (χ0n) is 12.8. The van der Waals surface area contributed by atoms with Crippen molar-refractivity contribution < 1.29 is 9.47 Å². The van der Waals surface area contributed by atoms with E-state index in [0.29, 0.717) is 23.1 Å². The maximum Gasteiger partial charge on any atom is 0.179 e. The van der Waals surface area contributed by atoms with E-state index in [1.807, 2.05) is 19.1 Å². The van der Waals surface area contributed by atoms with Gasteiger partial charge >= 0.3 is 0 Å². The highest BCUT2D eigenvalue weighted by Crippen LogP contribution is 2.36. The van der Waals surface area contributed by atoms with Gasteiger partial charge in [-0.15, -0.1) is 0 Å². The minimum Gasteiger partial charge on any atom is -0.491 e. The van der Waals surface area contributed by atoms with Gasteiger partial charge in [0.05, 0.1) is 18.7 Å². The number of benzene rings is 1. The van der Waals surface area contributed by atoms with Crippen LogP contribution in [0.2, 0.25) is 5.02 Å². The van der Waals surface area contributed by atoms with E-state index < -0.39 is 0 Å². The lowest BCUT2D eigenvalue weighted by molar-refractivity contribution is 0.311. The van der Waals surface area contributed by atoms with Crippen molar-refractivity contribution in [2.24, 2.45) is 0 Å². The number of likely N-dealkylation sites (N-methyl/N-ethyl adjacent to an activating group) is 1. The summed E-state index contributed by atoms with van der Waals surface area (Å²) in [4.78, 5) is 0. The summed E-state index contributed by atoms with van der Waals surface area (Å²) in [5.74, 6) is 1.28. The van der Waals surface area contributed by atoms with Crippen LogP contribution in [0.1, 0.15) is 32.8 Å². The lowest BCUT2D eigenvalue weighted by Gasteiger charge is -2.12. The van der Waals surface area contributed by atoms with Crippen LogP contribution in [0.3, 0.4) is 0 Å². The van der Waals surface area contributed by atoms with Crippen LogP contribution < -0.4 is 14.8 Å². The first-order valence-corrected chi connectivity index (χ1v) is 7.44. The molecular formula is C16H24ClNO2. The summed E-state index contributed by atoms with van der Waals surface area (Å²) in [5.41, 5.74) is 2.37. The van der Waals surface area contributed by atoms with Crippen LogP contribution in [0.5, 0.6) is 11.5 Å². The van der Waals surface area contributed by atoms with Crippen molar-refractivity contribution in [3.63, 3.8) is 0 Å². The van der Waals surface area contributed by atoms with Crippen LogP contribution in [0.25, 0.3) is 6.08 Å². The van der Waals surface area contributed by atoms with E-state index in [0.717, 1.165) is 25.1 Å². The molecule has 1 aromatic carbocycles. The molecule has 0 amide bonds. The molecule has 0 heterocycles. The van der Waals surface area contributed by atoms with Crippen LogP contribution in [0.15, 0.2) is 17.7 Å². The van der Waals surface area contributed by atoms with Gasteiger partial charge in [-0.3, -0.25) is 0 Å². The van der Waals surface area contributed by atoms with Crippen molar-refractivity contribution in [3.8, 4) is 11.5 Å². The lowest BCUT2D eigenvalue weighted by atomic mass is 10.1. The van der Waals surface area contributed by atoms with E-state index >= 15 is 0 Å². The fourth-order valence-corrected chi connectivity index (χ4v) is 2.23. The third-order valence-corrected chi connectivity index (χ3v) is 3.24. The Morgan fingerprint density at radius 1 is 1.30 bits per heavy atom. The van der Waals surface area contributed by atoms with Gasteiger partial charge < -0.3 is 14.8 Å². The number of ether oxygens (including phenoxy) is 2. The average molecular weight is 298 g/mol. The highest BCUT2D eigenvalue weighted by Gasteiger charge is 2.10. The molecule has 0 radical (unpaired) electrons. The van der Waals surface area contributed by atoms with Gasteiger partial charge in [0.1, 0.15) is 0 Å². The molecule has 0 saturated heterocycles. The predicted molar refractivity (Wildman–Crippen MR) is 86.0 cm³/mol. The molecular weight excluding hydrogens is 274 g/mol. The van der Waals surface area contributed by atoms with Crippen molar-refractivity contribution in [1.82, 2.24) is 5.32 Å². The second-order valence-electron chi connectivity index (χ2n) is 4.40. The largest absolute Gasteiger partial charge is 0.491 e. The maximum atomic E-state index is 6.25. The molecule has 112 valence electrons. The molecule has 0 aliphatic heterocycles. The number of rotatable bonds is 8. The highest BCUT2D eigenvalue weighted by molar-refractivity contribution is 6.32. The second-order valence-corrected chi connectivity index (χ2v) is 4.81. The second kappa shape index (κ2) is 8.88. The van der Waals surface area contributed by atoms with Crippen LogP contribution in [-0.2, 0) is 0 Å². The zero-order valence-corrected chi connectivity index (χ0v) is 13.5. The molecule has 20 heavy (non-hydrogen) atoms. The molecule has 0 saturated carbocycles. The third kappa shape index (κ3) is 4.73. The number of hydrogen-bond acceptors (Lipinski definition) is 3. The van der Waals surface area contributed by atoms with Gasteiger partial charge in [-0.25, -0.2) is 0 Å². The number of halogens is 1. The first kappa shape index (κ1) is 16.9. The SMILES string of the molecule is CCNCC(=Cc1cc(Cl)c(OC)c(OCC)c1)CC. The predicted octanol–water partition coefficient (Wildman–Crippen LogP) is 4.15. The molecule has 0 fully saturated rings. The summed E-state index contributed by atoms with van der Waals surface area (Å²) in [6.07, 6.45) is 3.15. The first-order valence-electron chi connectivity index (χ1n) is 7.06. The van der Waals surface area contributed by atoms with Gasteiger partial charge in [-0.05, 0) is 37.6 Å². The molecule has 1 aromatic rings. The Hall–Kier alpha value is -1.19. The summed E-state index contributed by atoms with van der Waals surface area (Å²) in [6.45, 7) is 8.63. The smallest absolute Gasteiger partial charge is 0.179 e. The zero-order chi connectivity index (χ0) is 15.0. The van der Waals surface area contributed by atoms with Crippen LogP contribution in [-0.4, -0.2) is 26.8 Å². The number of hydrogen-bond donors (Lipinski definition) is 1. The molecule has 0 spiro atoms. The summed E-state index contributed by atoms with van der Waals surface area (Å²) in [5, 5.41) is 3.91. The Labute approximate surface area is 126 Å². The fraction of sp³-hybridized carbons (Fsp3) is 0.500. The highest BCUT2D eigenvalue weighted by atomic mass is 35.5. The fourth-order valence-electron chi connectivity index (χ4n) is 1.93. The third-order valence-electron chi connectivity index (χ3n) is 2.96. The van der Waals surface area contributed by atoms with E-state index in [4.69, 9.17) is 21.1 Å². The van der Waals surface area contributed by atoms with E-state index in [1.54, 1.807) is 7.11 Å². The molecule has 1 rings (SSSR count). The summed E-state index contributed by atoms with van der Waals surface area (Å²) in [7, 11) is 1.60. The van der Waals surface area contributed by atoms with E-state index in [-0.39, 0.29) is 0 Å². The van der Waals surface area contributed by atoms with E-state index in [2.05, 4.69) is 25.2 Å². The van der Waals surface area contributed by atoms with Crippen LogP contribution in [0, 0.1) is 0 Å². The van der Waals surface area contributed by atoms with Crippen LogP contribution >= 0.6 is 11.6 Å². The van der Waals surface area contributed by atoms with Crippen molar-refractivity contribution in [1.29, 1.82) is 0 Å². The molecule has 1 N–H and O–H groups in total. The number of nitrogens with one attached hydrogen (secondary N) is 1. The Morgan fingerprint density at radius 2 is 2.05 bits per heavy atom. The minimum absolute atomic E-state index is 0.573. The summed E-state index contributed by atoms with van der Waals surface area (Å²) in [6, 6.07) is 3.88. The molecule has 0 aliphatic carbocycles. The quantitative estimate of drug-likeness (QED) is 0.782. The monoisotopic (exact) mass is 297 g/mol.